The minimum Gasteiger partial charge on any atom is -0.462 e. The molecule has 488 valence electrons. The Balaban J connectivity index is 4.18. The van der Waals surface area contributed by atoms with Crippen LogP contribution in [-0.2, 0) is 28.6 Å². The monoisotopic (exact) mass is 1160 g/mol. The number of esters is 3. The maximum Gasteiger partial charge on any atom is 0.306 e. The van der Waals surface area contributed by atoms with E-state index in [1.54, 1.807) is 0 Å². The van der Waals surface area contributed by atoms with Gasteiger partial charge in [-0.15, -0.1) is 0 Å². The molecule has 0 aromatic carbocycles. The van der Waals surface area contributed by atoms with E-state index in [0.717, 1.165) is 57.8 Å². The van der Waals surface area contributed by atoms with E-state index in [9.17, 15) is 14.4 Å². The lowest BCUT2D eigenvalue weighted by Crippen LogP contribution is -2.30. The van der Waals surface area contributed by atoms with Crippen molar-refractivity contribution in [1.29, 1.82) is 0 Å². The minimum atomic E-state index is -0.764. The van der Waals surface area contributed by atoms with Crippen molar-refractivity contribution in [3.63, 3.8) is 0 Å². The topological polar surface area (TPSA) is 78.9 Å². The summed E-state index contributed by atoms with van der Waals surface area (Å²) in [5, 5.41) is 0. The Bertz CT molecular complexity index is 1240. The molecular formula is C76H148O6. The fraction of sp³-hybridized carbons (Fsp3) is 0.961. The normalized spacial score (nSPS) is 11.9. The van der Waals surface area contributed by atoms with Crippen molar-refractivity contribution in [1.82, 2.24) is 0 Å². The van der Waals surface area contributed by atoms with Gasteiger partial charge in [0.2, 0.25) is 0 Å². The van der Waals surface area contributed by atoms with Gasteiger partial charge in [-0.05, 0) is 19.3 Å². The summed E-state index contributed by atoms with van der Waals surface area (Å²) in [6, 6.07) is 0. The molecule has 0 aromatic rings. The zero-order valence-corrected chi connectivity index (χ0v) is 56.3. The molecule has 0 N–H and O–H groups in total. The van der Waals surface area contributed by atoms with Crippen molar-refractivity contribution in [2.24, 2.45) is 0 Å². The van der Waals surface area contributed by atoms with Crippen LogP contribution in [0.2, 0.25) is 0 Å². The maximum absolute atomic E-state index is 13.0. The highest BCUT2D eigenvalue weighted by Gasteiger charge is 2.20. The molecule has 0 aliphatic rings. The Labute approximate surface area is 514 Å². The van der Waals surface area contributed by atoms with Gasteiger partial charge in [0.05, 0.1) is 0 Å². The second kappa shape index (κ2) is 71.9. The van der Waals surface area contributed by atoms with Gasteiger partial charge in [-0.3, -0.25) is 14.4 Å². The third kappa shape index (κ3) is 69.2. The number of unbranched alkanes of at least 4 members (excludes halogenated alkanes) is 61. The van der Waals surface area contributed by atoms with E-state index in [-0.39, 0.29) is 31.1 Å². The second-order valence-electron chi connectivity index (χ2n) is 26.3. The van der Waals surface area contributed by atoms with E-state index >= 15 is 0 Å². The summed E-state index contributed by atoms with van der Waals surface area (Å²) in [5.41, 5.74) is 0. The van der Waals surface area contributed by atoms with Crippen LogP contribution in [0.5, 0.6) is 0 Å². The van der Waals surface area contributed by atoms with Crippen LogP contribution in [0, 0.1) is 0 Å². The average molecular weight is 1160 g/mol. The predicted molar refractivity (Wildman–Crippen MR) is 358 cm³/mol. The highest BCUT2D eigenvalue weighted by atomic mass is 16.6. The van der Waals surface area contributed by atoms with Gasteiger partial charge >= 0.3 is 17.9 Å². The Hall–Kier alpha value is -1.59. The summed E-state index contributed by atoms with van der Waals surface area (Å²) in [6.45, 7) is 6.76. The third-order valence-corrected chi connectivity index (χ3v) is 17.9. The van der Waals surface area contributed by atoms with Gasteiger partial charge < -0.3 is 14.2 Å². The fourth-order valence-corrected chi connectivity index (χ4v) is 12.2. The molecule has 1 unspecified atom stereocenters. The number of ether oxygens (including phenoxy) is 3. The van der Waals surface area contributed by atoms with Crippen molar-refractivity contribution in [2.45, 2.75) is 457 Å². The Morgan fingerprint density at radius 2 is 0.329 bits per heavy atom. The van der Waals surface area contributed by atoms with E-state index in [1.165, 1.54) is 353 Å². The summed E-state index contributed by atoms with van der Waals surface area (Å²) >= 11 is 0. The molecule has 0 amide bonds. The van der Waals surface area contributed by atoms with Crippen LogP contribution in [0.4, 0.5) is 0 Å². The van der Waals surface area contributed by atoms with E-state index < -0.39 is 6.10 Å². The maximum atomic E-state index is 13.0. The van der Waals surface area contributed by atoms with Gasteiger partial charge in [-0.25, -0.2) is 0 Å². The highest BCUT2D eigenvalue weighted by molar-refractivity contribution is 5.71. The van der Waals surface area contributed by atoms with E-state index in [2.05, 4.69) is 20.8 Å². The van der Waals surface area contributed by atoms with Gasteiger partial charge in [-0.1, -0.05) is 412 Å². The van der Waals surface area contributed by atoms with Crippen LogP contribution in [0.3, 0.4) is 0 Å². The molecule has 6 nitrogen and oxygen atoms in total. The molecule has 82 heavy (non-hydrogen) atoms. The number of carbonyl (C=O) groups is 3. The predicted octanol–water partition coefficient (Wildman–Crippen LogP) is 26.2. The lowest BCUT2D eigenvalue weighted by atomic mass is 10.0. The van der Waals surface area contributed by atoms with Crippen molar-refractivity contribution in [3.8, 4) is 0 Å². The number of carbonyl (C=O) groups excluding carboxylic acids is 3. The Morgan fingerprint density at radius 3 is 0.488 bits per heavy atom. The van der Waals surface area contributed by atoms with Gasteiger partial charge in [-0.2, -0.15) is 0 Å². The van der Waals surface area contributed by atoms with Crippen LogP contribution in [-0.4, -0.2) is 37.2 Å². The summed E-state index contributed by atoms with van der Waals surface area (Å²) in [4.78, 5) is 38.5. The smallest absolute Gasteiger partial charge is 0.306 e. The fourth-order valence-electron chi connectivity index (χ4n) is 12.2. The van der Waals surface area contributed by atoms with Crippen molar-refractivity contribution >= 4 is 17.9 Å². The van der Waals surface area contributed by atoms with Crippen LogP contribution in [0.15, 0.2) is 0 Å². The molecule has 0 spiro atoms. The van der Waals surface area contributed by atoms with Crippen LogP contribution in [0.1, 0.15) is 451 Å². The lowest BCUT2D eigenvalue weighted by molar-refractivity contribution is -0.167. The second-order valence-corrected chi connectivity index (χ2v) is 26.3. The molecule has 0 bridgehead atoms. The SMILES string of the molecule is CCCCCCCCCCCCCCCCCCCCCCCCCCCC(=O)OCC(COC(=O)CCCCCCCCCCCCCCCC)OC(=O)CCCCCCCCCCCCCCCCCCCCCCCCCCC. The molecule has 0 fully saturated rings. The highest BCUT2D eigenvalue weighted by Crippen LogP contribution is 2.20. The van der Waals surface area contributed by atoms with E-state index in [4.69, 9.17) is 14.2 Å². The largest absolute Gasteiger partial charge is 0.462 e. The third-order valence-electron chi connectivity index (χ3n) is 17.9. The molecule has 1 atom stereocenters. The molecule has 6 heteroatoms. The molecule has 0 heterocycles. The molecule has 0 rings (SSSR count). The molecular weight excluding hydrogens is 1010 g/mol. The first-order chi connectivity index (χ1) is 40.5. The molecule has 0 radical (unpaired) electrons. The van der Waals surface area contributed by atoms with Crippen LogP contribution < -0.4 is 0 Å². The standard InChI is InChI=1S/C76H148O6/c1-4-7-10-13-16-19-22-25-28-30-32-34-36-38-40-42-44-46-48-51-54-57-60-63-66-69-75(78)81-72-73(71-80-74(77)68-65-62-59-56-53-50-27-24-21-18-15-12-9-6-3)82-76(79)70-67-64-61-58-55-52-49-47-45-43-41-39-37-35-33-31-29-26-23-20-17-14-11-8-5-2/h73H,4-72H2,1-3H3. The van der Waals surface area contributed by atoms with Crippen LogP contribution >= 0.6 is 0 Å². The van der Waals surface area contributed by atoms with E-state index in [1.807, 2.05) is 0 Å². The quantitative estimate of drug-likeness (QED) is 0.0343. The molecule has 0 saturated carbocycles. The molecule has 0 saturated heterocycles. The number of rotatable bonds is 72. The number of hydrogen-bond acceptors (Lipinski definition) is 6. The lowest BCUT2D eigenvalue weighted by Gasteiger charge is -2.18. The first-order valence-electron chi connectivity index (χ1n) is 38.0. The van der Waals surface area contributed by atoms with E-state index in [0.29, 0.717) is 19.3 Å². The Kier molecular flexibility index (Phi) is 70.5. The zero-order chi connectivity index (χ0) is 59.2. The van der Waals surface area contributed by atoms with Gasteiger partial charge in [0, 0.05) is 19.3 Å². The first kappa shape index (κ1) is 80.4. The number of hydrogen-bond donors (Lipinski definition) is 0. The van der Waals surface area contributed by atoms with Crippen LogP contribution in [0.25, 0.3) is 0 Å². The summed E-state index contributed by atoms with van der Waals surface area (Å²) < 4.78 is 17.0. The summed E-state index contributed by atoms with van der Waals surface area (Å²) in [6.07, 6.45) is 85.8. The Morgan fingerprint density at radius 1 is 0.195 bits per heavy atom. The zero-order valence-electron chi connectivity index (χ0n) is 56.3. The summed E-state index contributed by atoms with van der Waals surface area (Å²) in [5.74, 6) is -0.815. The van der Waals surface area contributed by atoms with Crippen molar-refractivity contribution < 1.29 is 28.6 Å². The molecule has 0 aliphatic carbocycles. The molecule has 0 aromatic heterocycles. The summed E-state index contributed by atoms with van der Waals surface area (Å²) in [7, 11) is 0. The van der Waals surface area contributed by atoms with Crippen molar-refractivity contribution in [2.75, 3.05) is 13.2 Å². The van der Waals surface area contributed by atoms with Crippen molar-refractivity contribution in [3.05, 3.63) is 0 Å². The average Bonchev–Trinajstić information content (AvgIpc) is 3.47. The van der Waals surface area contributed by atoms with Gasteiger partial charge in [0.25, 0.3) is 0 Å². The molecule has 0 aliphatic heterocycles. The van der Waals surface area contributed by atoms with Gasteiger partial charge in [0.15, 0.2) is 6.10 Å². The first-order valence-corrected chi connectivity index (χ1v) is 38.0. The van der Waals surface area contributed by atoms with Gasteiger partial charge in [0.1, 0.15) is 13.2 Å². The minimum absolute atomic E-state index is 0.0599.